The highest BCUT2D eigenvalue weighted by molar-refractivity contribution is 5.68. The molecule has 0 radical (unpaired) electrons. The number of carbonyl (C=O) groups excluding carboxylic acids is 1. The minimum absolute atomic E-state index is 0.251. The largest absolute Gasteiger partial charge is 0.489 e. The van der Waals surface area contributed by atoms with Crippen LogP contribution in [-0.2, 0) is 11.3 Å². The Balaban J connectivity index is 1.52. The summed E-state index contributed by atoms with van der Waals surface area (Å²) in [7, 11) is 1.42. The first-order valence-electron chi connectivity index (χ1n) is 8.11. The molecule has 3 rings (SSSR count). The Kier molecular flexibility index (Phi) is 5.21. The van der Waals surface area contributed by atoms with Gasteiger partial charge in [0.05, 0.1) is 7.11 Å². The van der Waals surface area contributed by atoms with Gasteiger partial charge in [-0.15, -0.1) is 0 Å². The molecule has 0 aliphatic carbocycles. The van der Waals surface area contributed by atoms with E-state index >= 15 is 0 Å². The van der Waals surface area contributed by atoms with Crippen LogP contribution in [0.15, 0.2) is 54.6 Å². The third kappa shape index (κ3) is 3.98. The second-order valence-corrected chi connectivity index (χ2v) is 5.71. The van der Waals surface area contributed by atoms with Gasteiger partial charge in [-0.1, -0.05) is 30.3 Å². The number of anilines is 1. The van der Waals surface area contributed by atoms with E-state index in [1.807, 2.05) is 30.3 Å². The van der Waals surface area contributed by atoms with Crippen LogP contribution in [0.1, 0.15) is 5.56 Å². The Hall–Kier alpha value is -2.69. The van der Waals surface area contributed by atoms with Gasteiger partial charge in [0.1, 0.15) is 12.4 Å². The fraction of sp³-hybridized carbons (Fsp3) is 0.316. The molecule has 1 aliphatic heterocycles. The van der Waals surface area contributed by atoms with Crippen molar-refractivity contribution in [3.63, 3.8) is 0 Å². The van der Waals surface area contributed by atoms with Crippen molar-refractivity contribution in [3.05, 3.63) is 60.2 Å². The van der Waals surface area contributed by atoms with Crippen molar-refractivity contribution in [1.29, 1.82) is 0 Å². The Morgan fingerprint density at radius 2 is 1.62 bits per heavy atom. The monoisotopic (exact) mass is 326 g/mol. The molecule has 0 aromatic heterocycles. The molecular formula is C19H22N2O3. The lowest BCUT2D eigenvalue weighted by molar-refractivity contribution is 0.121. The van der Waals surface area contributed by atoms with Crippen LogP contribution in [0.2, 0.25) is 0 Å². The number of ether oxygens (including phenoxy) is 2. The molecule has 5 heteroatoms. The minimum Gasteiger partial charge on any atom is -0.489 e. The molecule has 1 fully saturated rings. The zero-order chi connectivity index (χ0) is 16.8. The molecule has 2 aromatic carbocycles. The van der Waals surface area contributed by atoms with Crippen LogP contribution in [0, 0.1) is 0 Å². The number of rotatable bonds is 4. The predicted octanol–water partition coefficient (Wildman–Crippen LogP) is 3.15. The Morgan fingerprint density at radius 1 is 0.958 bits per heavy atom. The van der Waals surface area contributed by atoms with E-state index in [1.165, 1.54) is 7.11 Å². The molecule has 0 unspecified atom stereocenters. The standard InChI is InChI=1S/C19H22N2O3/c1-23-19(22)21-13-11-20(12-14-21)17-7-9-18(10-8-17)24-15-16-5-3-2-4-6-16/h2-10H,11-15H2,1H3. The number of benzene rings is 2. The van der Waals surface area contributed by atoms with Crippen LogP contribution in [0.25, 0.3) is 0 Å². The molecule has 0 N–H and O–H groups in total. The van der Waals surface area contributed by atoms with Crippen LogP contribution in [0.5, 0.6) is 5.75 Å². The molecule has 2 aromatic rings. The fourth-order valence-corrected chi connectivity index (χ4v) is 2.77. The molecule has 24 heavy (non-hydrogen) atoms. The third-order valence-corrected chi connectivity index (χ3v) is 4.16. The van der Waals surface area contributed by atoms with E-state index in [4.69, 9.17) is 9.47 Å². The minimum atomic E-state index is -0.251. The highest BCUT2D eigenvalue weighted by atomic mass is 16.5. The number of methoxy groups -OCH3 is 1. The number of hydrogen-bond donors (Lipinski definition) is 0. The second-order valence-electron chi connectivity index (χ2n) is 5.71. The van der Waals surface area contributed by atoms with Crippen molar-refractivity contribution in [1.82, 2.24) is 4.90 Å². The smallest absolute Gasteiger partial charge is 0.409 e. The topological polar surface area (TPSA) is 42.0 Å². The van der Waals surface area contributed by atoms with Crippen molar-refractivity contribution in [2.24, 2.45) is 0 Å². The third-order valence-electron chi connectivity index (χ3n) is 4.16. The van der Waals surface area contributed by atoms with Gasteiger partial charge in [-0.2, -0.15) is 0 Å². The summed E-state index contributed by atoms with van der Waals surface area (Å²) in [5, 5.41) is 0. The van der Waals surface area contributed by atoms with Crippen LogP contribution >= 0.6 is 0 Å². The second kappa shape index (κ2) is 7.73. The molecule has 1 saturated heterocycles. The molecule has 1 amide bonds. The summed E-state index contributed by atoms with van der Waals surface area (Å²) in [6.07, 6.45) is -0.251. The Labute approximate surface area is 142 Å². The van der Waals surface area contributed by atoms with Crippen molar-refractivity contribution < 1.29 is 14.3 Å². The average molecular weight is 326 g/mol. The SMILES string of the molecule is COC(=O)N1CCN(c2ccc(OCc3ccccc3)cc2)CC1. The van der Waals surface area contributed by atoms with Crippen molar-refractivity contribution in [3.8, 4) is 5.75 Å². The van der Waals surface area contributed by atoms with E-state index < -0.39 is 0 Å². The zero-order valence-electron chi connectivity index (χ0n) is 13.9. The maximum absolute atomic E-state index is 11.5. The number of nitrogens with zero attached hydrogens (tertiary/aromatic N) is 2. The Bertz CT molecular complexity index is 650. The maximum atomic E-state index is 11.5. The summed E-state index contributed by atoms with van der Waals surface area (Å²) in [5.41, 5.74) is 2.30. The van der Waals surface area contributed by atoms with E-state index in [0.717, 1.165) is 30.1 Å². The summed E-state index contributed by atoms with van der Waals surface area (Å²) in [4.78, 5) is 15.5. The quantitative estimate of drug-likeness (QED) is 0.865. The van der Waals surface area contributed by atoms with Crippen LogP contribution in [-0.4, -0.2) is 44.3 Å². The van der Waals surface area contributed by atoms with Gasteiger partial charge in [0, 0.05) is 31.9 Å². The maximum Gasteiger partial charge on any atom is 0.409 e. The Morgan fingerprint density at radius 3 is 2.25 bits per heavy atom. The van der Waals surface area contributed by atoms with Gasteiger partial charge in [-0.05, 0) is 29.8 Å². The van der Waals surface area contributed by atoms with Gasteiger partial charge >= 0.3 is 6.09 Å². The summed E-state index contributed by atoms with van der Waals surface area (Å²) < 4.78 is 10.6. The molecule has 0 atom stereocenters. The number of carbonyl (C=O) groups is 1. The summed E-state index contributed by atoms with van der Waals surface area (Å²) in [6, 6.07) is 18.2. The van der Waals surface area contributed by atoms with E-state index in [0.29, 0.717) is 19.7 Å². The van der Waals surface area contributed by atoms with Crippen LogP contribution in [0.3, 0.4) is 0 Å². The highest BCUT2D eigenvalue weighted by Crippen LogP contribution is 2.21. The zero-order valence-corrected chi connectivity index (χ0v) is 13.9. The van der Waals surface area contributed by atoms with Crippen LogP contribution in [0.4, 0.5) is 10.5 Å². The lowest BCUT2D eigenvalue weighted by Gasteiger charge is -2.35. The first-order valence-corrected chi connectivity index (χ1v) is 8.11. The predicted molar refractivity (Wildman–Crippen MR) is 93.4 cm³/mol. The lowest BCUT2D eigenvalue weighted by atomic mass is 10.2. The van der Waals surface area contributed by atoms with E-state index in [1.54, 1.807) is 4.90 Å². The van der Waals surface area contributed by atoms with E-state index in [9.17, 15) is 4.79 Å². The summed E-state index contributed by atoms with van der Waals surface area (Å²) in [6.45, 7) is 3.54. The van der Waals surface area contributed by atoms with Gasteiger partial charge < -0.3 is 19.3 Å². The highest BCUT2D eigenvalue weighted by Gasteiger charge is 2.21. The van der Waals surface area contributed by atoms with Gasteiger partial charge in [-0.25, -0.2) is 4.79 Å². The molecule has 1 aliphatic rings. The first-order chi connectivity index (χ1) is 11.8. The van der Waals surface area contributed by atoms with Gasteiger partial charge in [0.15, 0.2) is 0 Å². The average Bonchev–Trinajstić information content (AvgIpc) is 2.67. The molecule has 1 heterocycles. The number of amides is 1. The molecule has 0 spiro atoms. The van der Waals surface area contributed by atoms with Crippen molar-refractivity contribution >= 4 is 11.8 Å². The summed E-state index contributed by atoms with van der Waals surface area (Å²) >= 11 is 0. The van der Waals surface area contributed by atoms with Gasteiger partial charge in [-0.3, -0.25) is 0 Å². The lowest BCUT2D eigenvalue weighted by Crippen LogP contribution is -2.48. The normalized spacial score (nSPS) is 14.4. The molecule has 126 valence electrons. The van der Waals surface area contributed by atoms with Gasteiger partial charge in [0.25, 0.3) is 0 Å². The number of hydrogen-bond acceptors (Lipinski definition) is 4. The fourth-order valence-electron chi connectivity index (χ4n) is 2.77. The first kappa shape index (κ1) is 16.2. The molecular weight excluding hydrogens is 304 g/mol. The van der Waals surface area contributed by atoms with Crippen molar-refractivity contribution in [2.75, 3.05) is 38.2 Å². The van der Waals surface area contributed by atoms with Crippen LogP contribution < -0.4 is 9.64 Å². The summed E-state index contributed by atoms with van der Waals surface area (Å²) in [5.74, 6) is 0.857. The molecule has 0 bridgehead atoms. The molecule has 0 saturated carbocycles. The van der Waals surface area contributed by atoms with E-state index in [2.05, 4.69) is 29.2 Å². The number of piperazine rings is 1. The molecule has 5 nitrogen and oxygen atoms in total. The van der Waals surface area contributed by atoms with E-state index in [-0.39, 0.29) is 6.09 Å². The van der Waals surface area contributed by atoms with Crippen molar-refractivity contribution in [2.45, 2.75) is 6.61 Å². The van der Waals surface area contributed by atoms with Gasteiger partial charge in [0.2, 0.25) is 0 Å².